The number of benzene rings is 1. The van der Waals surface area contributed by atoms with E-state index in [0.717, 1.165) is 6.07 Å². The lowest BCUT2D eigenvalue weighted by atomic mass is 10.0. The molecule has 0 unspecified atom stereocenters. The number of halogens is 3. The van der Waals surface area contributed by atoms with Crippen LogP contribution in [0, 0.1) is 24.4 Å². The molecule has 3 rings (SSSR count). The van der Waals surface area contributed by atoms with E-state index in [1.807, 2.05) is 0 Å². The Labute approximate surface area is 152 Å². The van der Waals surface area contributed by atoms with Crippen LogP contribution in [0.25, 0.3) is 0 Å². The molecular formula is C18H16F3NO3S. The number of pyridine rings is 1. The zero-order valence-electron chi connectivity index (χ0n) is 14.1. The van der Waals surface area contributed by atoms with Gasteiger partial charge in [-0.3, -0.25) is 9.36 Å². The number of carbonyl (C=O) groups is 1. The van der Waals surface area contributed by atoms with Gasteiger partial charge >= 0.3 is 5.97 Å². The summed E-state index contributed by atoms with van der Waals surface area (Å²) in [7, 11) is 0. The number of ether oxygens (including phenoxy) is 1. The minimum atomic E-state index is -1.26. The number of fused-ring (bicyclic) bond motifs is 1. The third kappa shape index (κ3) is 3.25. The first-order valence-electron chi connectivity index (χ1n) is 8.01. The third-order valence-corrected chi connectivity index (χ3v) is 5.53. The summed E-state index contributed by atoms with van der Waals surface area (Å²) in [6.07, 6.45) is -0.0530. The van der Waals surface area contributed by atoms with Gasteiger partial charge in [-0.1, -0.05) is 0 Å². The van der Waals surface area contributed by atoms with E-state index in [1.165, 1.54) is 22.4 Å². The lowest BCUT2D eigenvalue weighted by Crippen LogP contribution is -2.30. The molecular weight excluding hydrogens is 367 g/mol. The molecule has 0 aliphatic carbocycles. The molecule has 8 heteroatoms. The van der Waals surface area contributed by atoms with Crippen LogP contribution in [0.3, 0.4) is 0 Å². The van der Waals surface area contributed by atoms with Gasteiger partial charge < -0.3 is 4.74 Å². The molecule has 1 aromatic heterocycles. The summed E-state index contributed by atoms with van der Waals surface area (Å²) in [5, 5.41) is 0.605. The Bertz CT molecular complexity index is 942. The number of hydrogen-bond acceptors (Lipinski definition) is 4. The molecule has 0 radical (unpaired) electrons. The van der Waals surface area contributed by atoms with Crippen molar-refractivity contribution < 1.29 is 22.7 Å². The molecule has 1 atom stereocenters. The SMILES string of the molecule is CCOC(=O)[C@@H]1CSc2c(C)c(Cc3cc(F)c(F)cc3F)cc(=O)n21. The predicted molar refractivity (Wildman–Crippen MR) is 91.0 cm³/mol. The monoisotopic (exact) mass is 383 g/mol. The van der Waals surface area contributed by atoms with E-state index in [2.05, 4.69) is 0 Å². The Hall–Kier alpha value is -2.22. The van der Waals surface area contributed by atoms with E-state index in [0.29, 0.717) is 28.0 Å². The molecule has 2 aromatic rings. The molecule has 0 saturated heterocycles. The fraction of sp³-hybridized carbons (Fsp3) is 0.333. The Kier molecular flexibility index (Phi) is 5.13. The maximum Gasteiger partial charge on any atom is 0.330 e. The Morgan fingerprint density at radius 1 is 1.19 bits per heavy atom. The predicted octanol–water partition coefficient (Wildman–Crippen LogP) is 3.37. The standard InChI is InChI=1S/C18H16F3NO3S/c1-3-25-18(24)15-8-26-17-9(2)10(6-16(23)22(15)17)4-11-5-13(20)14(21)7-12(11)19/h5-7,15H,3-4,8H2,1-2H3/t15-/m0/s1. The first-order valence-corrected chi connectivity index (χ1v) is 8.99. The fourth-order valence-electron chi connectivity index (χ4n) is 2.95. The van der Waals surface area contributed by atoms with Crippen molar-refractivity contribution >= 4 is 17.7 Å². The van der Waals surface area contributed by atoms with Gasteiger partial charge in [-0.05, 0) is 36.6 Å². The van der Waals surface area contributed by atoms with E-state index < -0.39 is 35.0 Å². The van der Waals surface area contributed by atoms with Crippen LogP contribution in [-0.2, 0) is 16.0 Å². The molecule has 0 saturated carbocycles. The highest BCUT2D eigenvalue weighted by molar-refractivity contribution is 7.99. The van der Waals surface area contributed by atoms with Gasteiger partial charge in [0, 0.05) is 24.3 Å². The number of aromatic nitrogens is 1. The first kappa shape index (κ1) is 18.6. The fourth-order valence-corrected chi connectivity index (χ4v) is 4.26. The van der Waals surface area contributed by atoms with E-state index >= 15 is 0 Å². The van der Waals surface area contributed by atoms with Crippen LogP contribution in [0.15, 0.2) is 28.0 Å². The van der Waals surface area contributed by atoms with Gasteiger partial charge in [0.15, 0.2) is 11.6 Å². The topological polar surface area (TPSA) is 48.3 Å². The van der Waals surface area contributed by atoms with Crippen molar-refractivity contribution in [3.63, 3.8) is 0 Å². The van der Waals surface area contributed by atoms with Gasteiger partial charge in [0.25, 0.3) is 5.56 Å². The van der Waals surface area contributed by atoms with Crippen LogP contribution < -0.4 is 5.56 Å². The zero-order chi connectivity index (χ0) is 19.0. The van der Waals surface area contributed by atoms with Crippen molar-refractivity contribution in [2.45, 2.75) is 31.3 Å². The summed E-state index contributed by atoms with van der Waals surface area (Å²) >= 11 is 1.34. The molecule has 2 heterocycles. The second kappa shape index (κ2) is 7.19. The number of thioether (sulfide) groups is 1. The van der Waals surface area contributed by atoms with Gasteiger partial charge in [-0.2, -0.15) is 0 Å². The molecule has 1 aromatic carbocycles. The van der Waals surface area contributed by atoms with Crippen molar-refractivity contribution in [1.29, 1.82) is 0 Å². The molecule has 0 fully saturated rings. The first-order chi connectivity index (χ1) is 12.3. The second-order valence-corrected chi connectivity index (χ2v) is 6.93. The van der Waals surface area contributed by atoms with E-state index in [-0.39, 0.29) is 18.6 Å². The zero-order valence-corrected chi connectivity index (χ0v) is 15.0. The lowest BCUT2D eigenvalue weighted by molar-refractivity contribution is -0.146. The molecule has 0 amide bonds. The summed E-state index contributed by atoms with van der Waals surface area (Å²) in [5.74, 6) is -3.38. The van der Waals surface area contributed by atoms with E-state index in [9.17, 15) is 22.8 Å². The van der Waals surface area contributed by atoms with Crippen molar-refractivity contribution in [2.24, 2.45) is 0 Å². The van der Waals surface area contributed by atoms with Crippen LogP contribution in [0.4, 0.5) is 13.2 Å². The van der Waals surface area contributed by atoms with Crippen molar-refractivity contribution in [3.05, 3.63) is 62.7 Å². The Morgan fingerprint density at radius 3 is 2.58 bits per heavy atom. The minimum Gasteiger partial charge on any atom is -0.464 e. The van der Waals surface area contributed by atoms with Crippen LogP contribution in [0.2, 0.25) is 0 Å². The van der Waals surface area contributed by atoms with Gasteiger partial charge in [-0.15, -0.1) is 11.8 Å². The Morgan fingerprint density at radius 2 is 1.88 bits per heavy atom. The Balaban J connectivity index is 2.00. The van der Waals surface area contributed by atoms with Crippen molar-refractivity contribution in [2.75, 3.05) is 12.4 Å². The summed E-state index contributed by atoms with van der Waals surface area (Å²) in [6.45, 7) is 3.66. The summed E-state index contributed by atoms with van der Waals surface area (Å²) in [5.41, 5.74) is 0.752. The van der Waals surface area contributed by atoms with Crippen molar-refractivity contribution in [1.82, 2.24) is 4.57 Å². The van der Waals surface area contributed by atoms with Gasteiger partial charge in [0.05, 0.1) is 11.6 Å². The van der Waals surface area contributed by atoms with Crippen LogP contribution in [-0.4, -0.2) is 22.9 Å². The smallest absolute Gasteiger partial charge is 0.330 e. The molecule has 1 aliphatic heterocycles. The molecule has 0 spiro atoms. The molecule has 1 aliphatic rings. The quantitative estimate of drug-likeness (QED) is 0.600. The molecule has 4 nitrogen and oxygen atoms in total. The number of nitrogens with zero attached hydrogens (tertiary/aromatic N) is 1. The van der Waals surface area contributed by atoms with Gasteiger partial charge in [-0.25, -0.2) is 18.0 Å². The lowest BCUT2D eigenvalue weighted by Gasteiger charge is -2.15. The van der Waals surface area contributed by atoms with E-state index in [1.54, 1.807) is 13.8 Å². The highest BCUT2D eigenvalue weighted by Gasteiger charge is 2.33. The number of carbonyl (C=O) groups excluding carboxylic acids is 1. The summed E-state index contributed by atoms with van der Waals surface area (Å²) in [6, 6.07) is 1.89. The van der Waals surface area contributed by atoms with Crippen LogP contribution in [0.5, 0.6) is 0 Å². The summed E-state index contributed by atoms with van der Waals surface area (Å²) < 4.78 is 46.8. The molecule has 138 valence electrons. The highest BCUT2D eigenvalue weighted by Crippen LogP contribution is 2.36. The van der Waals surface area contributed by atoms with Crippen LogP contribution in [0.1, 0.15) is 29.7 Å². The molecule has 0 bridgehead atoms. The average Bonchev–Trinajstić information content (AvgIpc) is 3.03. The van der Waals surface area contributed by atoms with Crippen molar-refractivity contribution in [3.8, 4) is 0 Å². The van der Waals surface area contributed by atoms with Crippen LogP contribution >= 0.6 is 11.8 Å². The van der Waals surface area contributed by atoms with Gasteiger partial charge in [0.2, 0.25) is 0 Å². The number of esters is 1. The third-order valence-electron chi connectivity index (χ3n) is 4.27. The number of rotatable bonds is 4. The maximum atomic E-state index is 13.9. The summed E-state index contributed by atoms with van der Waals surface area (Å²) in [4.78, 5) is 24.6. The largest absolute Gasteiger partial charge is 0.464 e. The maximum absolute atomic E-state index is 13.9. The molecule has 26 heavy (non-hydrogen) atoms. The minimum absolute atomic E-state index is 0.0405. The van der Waals surface area contributed by atoms with E-state index in [4.69, 9.17) is 4.74 Å². The normalized spacial score (nSPS) is 15.8. The molecule has 0 N–H and O–H groups in total. The number of hydrogen-bond donors (Lipinski definition) is 0. The highest BCUT2D eigenvalue weighted by atomic mass is 32.2. The average molecular weight is 383 g/mol. The van der Waals surface area contributed by atoms with Gasteiger partial charge in [0.1, 0.15) is 11.9 Å². The second-order valence-electron chi connectivity index (χ2n) is 5.92.